The third-order valence-corrected chi connectivity index (χ3v) is 0. The molecule has 0 atom stereocenters. The van der Waals surface area contributed by atoms with Crippen molar-refractivity contribution < 1.29 is 16.4 Å². The van der Waals surface area contributed by atoms with Crippen LogP contribution in [0, 0.1) is 0 Å². The summed E-state index contributed by atoms with van der Waals surface area (Å²) >= 11 is 0. The normalized spacial score (nSPS) is 0. The Morgan fingerprint density at radius 1 is 0.250 bits per heavy atom. The van der Waals surface area contributed by atoms with Gasteiger partial charge in [-0.1, -0.05) is 0 Å². The number of rotatable bonds is 0. The second kappa shape index (κ2) is 59.1. The zero-order valence-electron chi connectivity index (χ0n) is 6.50. The summed E-state index contributed by atoms with van der Waals surface area (Å²) in [5.41, 5.74) is 0. The van der Waals surface area contributed by atoms with Crippen LogP contribution in [0.15, 0.2) is 0 Å². The Hall–Kier alpha value is 4.88. The van der Waals surface area contributed by atoms with Gasteiger partial charge in [0.2, 0.25) is 0 Å². The minimum absolute atomic E-state index is 0. The molecule has 0 aliphatic carbocycles. The number of hydrogen-bond acceptors (Lipinski definition) is 0. The molecule has 0 saturated heterocycles. The minimum Gasteiger partial charge on any atom is -0.412 e. The first-order chi connectivity index (χ1) is 0. The summed E-state index contributed by atoms with van der Waals surface area (Å²) in [4.78, 5) is 0. The molecule has 0 fully saturated rings. The van der Waals surface area contributed by atoms with Crippen molar-refractivity contribution in [1.29, 1.82) is 0 Å². The molecule has 8 heavy (non-hydrogen) atoms. The van der Waals surface area contributed by atoms with Gasteiger partial charge < -0.3 is 16.4 Å². The summed E-state index contributed by atoms with van der Waals surface area (Å²) < 4.78 is 0. The third kappa shape index (κ3) is 44.6. The van der Waals surface area contributed by atoms with Crippen LogP contribution in [-0.4, -0.2) is 164 Å². The molecule has 5 radical (unpaired) electrons. The molecule has 0 aromatic heterocycles. The van der Waals surface area contributed by atoms with Crippen LogP contribution < -0.4 is 0 Å². The van der Waals surface area contributed by atoms with Crippen molar-refractivity contribution in [3.8, 4) is 0 Å². The maximum Gasteiger partial charge on any atom is 0 e. The van der Waals surface area contributed by atoms with E-state index in [0.717, 1.165) is 0 Å². The van der Waals surface area contributed by atoms with Gasteiger partial charge in [-0.2, -0.15) is 0 Å². The molecule has 3 nitrogen and oxygen atoms in total. The van der Waals surface area contributed by atoms with Crippen LogP contribution >= 0.6 is 0 Å². The summed E-state index contributed by atoms with van der Waals surface area (Å²) in [5.74, 6) is 0. The van der Waals surface area contributed by atoms with E-state index in [0.29, 0.717) is 0 Å². The van der Waals surface area contributed by atoms with Gasteiger partial charge in [0.15, 0.2) is 0 Å². The van der Waals surface area contributed by atoms with Crippen LogP contribution in [0.2, 0.25) is 0 Å². The first-order valence-corrected chi connectivity index (χ1v) is 0. The largest absolute Gasteiger partial charge is 0.412 e. The van der Waals surface area contributed by atoms with Gasteiger partial charge in [-0.05, 0) is 0 Å². The maximum atomic E-state index is 0. The van der Waals surface area contributed by atoms with Crippen molar-refractivity contribution in [2.45, 2.75) is 0 Å². The third-order valence-electron chi connectivity index (χ3n) is 0. The van der Waals surface area contributed by atoms with Gasteiger partial charge in [0, 0.05) is 148 Å². The van der Waals surface area contributed by atoms with E-state index in [1.54, 1.807) is 0 Å². The van der Waals surface area contributed by atoms with Crippen molar-refractivity contribution >= 4 is 148 Å². The molecule has 0 rings (SSSR count). The fraction of sp³-hybridized carbons (Fsp3) is 0. The predicted molar refractivity (Wildman–Crippen MR) is 39.6 cm³/mol. The van der Waals surface area contributed by atoms with E-state index < -0.39 is 0 Å². The molecule has 29 valence electrons. The fourth-order valence-electron chi connectivity index (χ4n) is 0. The van der Waals surface area contributed by atoms with E-state index in [-0.39, 0.29) is 164 Å². The molecule has 0 bridgehead atoms. The molecule has 0 amide bonds. The van der Waals surface area contributed by atoms with Crippen LogP contribution in [0.4, 0.5) is 0 Å². The Balaban J connectivity index is 0. The van der Waals surface area contributed by atoms with E-state index in [1.807, 2.05) is 0 Å². The molecule has 0 saturated carbocycles. The molecule has 0 aliphatic rings. The van der Waals surface area contributed by atoms with Crippen molar-refractivity contribution in [3.05, 3.63) is 0 Å². The zero-order chi connectivity index (χ0) is 0. The number of hydrogen-bond donors (Lipinski definition) is 0. The molecule has 0 unspecified atom stereocenters. The van der Waals surface area contributed by atoms with Gasteiger partial charge in [0.1, 0.15) is 0 Å². The van der Waals surface area contributed by atoms with E-state index in [4.69, 9.17) is 0 Å². The van der Waals surface area contributed by atoms with Gasteiger partial charge in [0.05, 0.1) is 0 Å². The monoisotopic (exact) mass is 169 g/mol. The summed E-state index contributed by atoms with van der Waals surface area (Å²) in [6.07, 6.45) is 0. The predicted octanol–water partition coefficient (Wildman–Crippen LogP) is -4.38. The molecule has 0 aliphatic heterocycles. The van der Waals surface area contributed by atoms with Crippen molar-refractivity contribution in [2.75, 3.05) is 0 Å². The standard InChI is InChI=1S/5Na.3H2O/h;;;;;3*1H2. The molecule has 8 heteroatoms. The topological polar surface area (TPSA) is 94.5 Å². The molecule has 0 aromatic carbocycles. The Kier molecular flexibility index (Phi) is 563. The summed E-state index contributed by atoms with van der Waals surface area (Å²) in [6.45, 7) is 0. The average Bonchev–Trinajstić information content (AvgIpc) is 0. The molecular formula is H6Na5O3. The van der Waals surface area contributed by atoms with Gasteiger partial charge >= 0.3 is 0 Å². The molecule has 6 N–H and O–H groups in total. The van der Waals surface area contributed by atoms with Crippen LogP contribution in [-0.2, 0) is 0 Å². The Labute approximate surface area is 160 Å². The smallest absolute Gasteiger partial charge is 0 e. The Morgan fingerprint density at radius 3 is 0.250 bits per heavy atom. The van der Waals surface area contributed by atoms with Crippen LogP contribution in [0.1, 0.15) is 0 Å². The average molecular weight is 169 g/mol. The molecule has 0 heterocycles. The van der Waals surface area contributed by atoms with Gasteiger partial charge in [0.25, 0.3) is 0 Å². The first kappa shape index (κ1) is 76.3. The maximum absolute atomic E-state index is 0. The fourth-order valence-corrected chi connectivity index (χ4v) is 0. The zero-order valence-corrected chi connectivity index (χ0v) is 16.5. The van der Waals surface area contributed by atoms with E-state index >= 15 is 0 Å². The SMILES string of the molecule is O.O.O.[Na].[Na].[Na].[Na].[Na]. The van der Waals surface area contributed by atoms with Crippen LogP contribution in [0.25, 0.3) is 0 Å². The van der Waals surface area contributed by atoms with Crippen LogP contribution in [0.3, 0.4) is 0 Å². The molecular weight excluding hydrogens is 163 g/mol. The van der Waals surface area contributed by atoms with E-state index in [9.17, 15) is 0 Å². The summed E-state index contributed by atoms with van der Waals surface area (Å²) in [6, 6.07) is 0. The van der Waals surface area contributed by atoms with E-state index in [2.05, 4.69) is 0 Å². The minimum atomic E-state index is 0. The Morgan fingerprint density at radius 2 is 0.250 bits per heavy atom. The summed E-state index contributed by atoms with van der Waals surface area (Å²) in [5, 5.41) is 0. The second-order valence-corrected chi connectivity index (χ2v) is 0. The van der Waals surface area contributed by atoms with Gasteiger partial charge in [-0.15, -0.1) is 0 Å². The summed E-state index contributed by atoms with van der Waals surface area (Å²) in [7, 11) is 0. The van der Waals surface area contributed by atoms with Crippen molar-refractivity contribution in [2.24, 2.45) is 0 Å². The van der Waals surface area contributed by atoms with Crippen LogP contribution in [0.5, 0.6) is 0 Å². The molecule has 0 spiro atoms. The quantitative estimate of drug-likeness (QED) is 0.327. The van der Waals surface area contributed by atoms with Gasteiger partial charge in [-0.25, -0.2) is 0 Å². The molecule has 0 aromatic rings. The van der Waals surface area contributed by atoms with Crippen molar-refractivity contribution in [3.63, 3.8) is 0 Å². The van der Waals surface area contributed by atoms with Gasteiger partial charge in [-0.3, -0.25) is 0 Å². The van der Waals surface area contributed by atoms with Crippen molar-refractivity contribution in [1.82, 2.24) is 0 Å². The first-order valence-electron chi connectivity index (χ1n) is 0. The second-order valence-electron chi connectivity index (χ2n) is 0. The Bertz CT molecular complexity index is 7.64. The van der Waals surface area contributed by atoms with E-state index in [1.165, 1.54) is 0 Å².